The highest BCUT2D eigenvalue weighted by Crippen LogP contribution is 2.09. The van der Waals surface area contributed by atoms with Crippen LogP contribution in [0.15, 0.2) is 36.5 Å². The van der Waals surface area contributed by atoms with Crippen molar-refractivity contribution in [3.63, 3.8) is 0 Å². The van der Waals surface area contributed by atoms with Crippen LogP contribution in [0.2, 0.25) is 0 Å². The van der Waals surface area contributed by atoms with E-state index in [0.717, 1.165) is 50.6 Å². The first-order valence-electron chi connectivity index (χ1n) is 7.37. The van der Waals surface area contributed by atoms with Crippen molar-refractivity contribution in [3.8, 4) is 5.69 Å². The van der Waals surface area contributed by atoms with Crippen molar-refractivity contribution in [1.29, 1.82) is 0 Å². The molecule has 6 nitrogen and oxygen atoms in total. The summed E-state index contributed by atoms with van der Waals surface area (Å²) in [6.45, 7) is 5.89. The molecule has 0 saturated carbocycles. The largest absolute Gasteiger partial charge is 0.395 e. The highest BCUT2D eigenvalue weighted by molar-refractivity contribution is 5.29. The van der Waals surface area contributed by atoms with E-state index >= 15 is 0 Å². The van der Waals surface area contributed by atoms with Crippen LogP contribution in [-0.4, -0.2) is 69.2 Å². The maximum absolute atomic E-state index is 8.95. The lowest BCUT2D eigenvalue weighted by molar-refractivity contribution is 0.107. The van der Waals surface area contributed by atoms with Gasteiger partial charge >= 0.3 is 0 Å². The third-order valence-electron chi connectivity index (χ3n) is 3.83. The lowest BCUT2D eigenvalue weighted by atomic mass is 10.3. The first-order valence-corrected chi connectivity index (χ1v) is 7.37. The summed E-state index contributed by atoms with van der Waals surface area (Å²) in [6, 6.07) is 10.0. The molecule has 2 aromatic rings. The zero-order chi connectivity index (χ0) is 14.5. The second kappa shape index (κ2) is 6.80. The number of rotatable bonds is 5. The van der Waals surface area contributed by atoms with Crippen LogP contribution < -0.4 is 0 Å². The van der Waals surface area contributed by atoms with Gasteiger partial charge in [0, 0.05) is 39.3 Å². The quantitative estimate of drug-likeness (QED) is 0.861. The summed E-state index contributed by atoms with van der Waals surface area (Å²) in [6.07, 6.45) is 2.00. The van der Waals surface area contributed by atoms with Gasteiger partial charge in [-0.3, -0.25) is 9.80 Å². The zero-order valence-electron chi connectivity index (χ0n) is 12.1. The minimum absolute atomic E-state index is 0.241. The van der Waals surface area contributed by atoms with Crippen LogP contribution in [0.4, 0.5) is 0 Å². The Labute approximate surface area is 124 Å². The number of aliphatic hydroxyl groups is 1. The monoisotopic (exact) mass is 287 g/mol. The van der Waals surface area contributed by atoms with Crippen LogP contribution in [-0.2, 0) is 6.54 Å². The number of nitrogens with zero attached hydrogens (tertiary/aromatic N) is 5. The molecule has 1 aliphatic heterocycles. The molecule has 1 saturated heterocycles. The topological polar surface area (TPSA) is 57.4 Å². The van der Waals surface area contributed by atoms with Crippen LogP contribution in [0.3, 0.4) is 0 Å². The SMILES string of the molecule is OCCN1CCN(Cc2cn(-c3ccccc3)nn2)CC1. The molecule has 2 heterocycles. The number of hydrogen-bond acceptors (Lipinski definition) is 5. The second-order valence-corrected chi connectivity index (χ2v) is 5.33. The fourth-order valence-corrected chi connectivity index (χ4v) is 2.62. The van der Waals surface area contributed by atoms with Gasteiger partial charge in [0.2, 0.25) is 0 Å². The molecular formula is C15H21N5O. The second-order valence-electron chi connectivity index (χ2n) is 5.33. The molecule has 0 radical (unpaired) electrons. The van der Waals surface area contributed by atoms with Gasteiger partial charge in [-0.25, -0.2) is 4.68 Å². The highest BCUT2D eigenvalue weighted by atomic mass is 16.3. The third-order valence-corrected chi connectivity index (χ3v) is 3.83. The van der Waals surface area contributed by atoms with Gasteiger partial charge < -0.3 is 5.11 Å². The van der Waals surface area contributed by atoms with E-state index in [2.05, 4.69) is 20.1 Å². The predicted octanol–water partition coefficient (Wildman–Crippen LogP) is 0.377. The molecule has 1 aromatic heterocycles. The average molecular weight is 287 g/mol. The Balaban J connectivity index is 1.56. The Morgan fingerprint density at radius 1 is 1.00 bits per heavy atom. The normalized spacial score (nSPS) is 17.2. The van der Waals surface area contributed by atoms with Gasteiger partial charge in [0.1, 0.15) is 0 Å². The number of para-hydroxylation sites is 1. The molecule has 0 atom stereocenters. The number of aromatic nitrogens is 3. The van der Waals surface area contributed by atoms with E-state index < -0.39 is 0 Å². The molecule has 0 aliphatic carbocycles. The minimum atomic E-state index is 0.241. The Hall–Kier alpha value is -1.76. The summed E-state index contributed by atoms with van der Waals surface area (Å²) >= 11 is 0. The molecule has 21 heavy (non-hydrogen) atoms. The van der Waals surface area contributed by atoms with Crippen LogP contribution >= 0.6 is 0 Å². The molecule has 1 aliphatic rings. The summed E-state index contributed by atoms with van der Waals surface area (Å²) in [7, 11) is 0. The number of hydrogen-bond donors (Lipinski definition) is 1. The molecule has 0 unspecified atom stereocenters. The van der Waals surface area contributed by atoms with Crippen LogP contribution in [0.25, 0.3) is 5.69 Å². The summed E-state index contributed by atoms with van der Waals surface area (Å²) < 4.78 is 1.82. The van der Waals surface area contributed by atoms with Gasteiger partial charge in [-0.2, -0.15) is 0 Å². The molecule has 112 valence electrons. The molecular weight excluding hydrogens is 266 g/mol. The summed E-state index contributed by atoms with van der Waals surface area (Å²) in [4.78, 5) is 4.67. The van der Waals surface area contributed by atoms with Crippen molar-refractivity contribution in [1.82, 2.24) is 24.8 Å². The summed E-state index contributed by atoms with van der Waals surface area (Å²) in [5, 5.41) is 17.4. The molecule has 0 spiro atoms. The van der Waals surface area contributed by atoms with Gasteiger partial charge in [0.15, 0.2) is 0 Å². The van der Waals surface area contributed by atoms with E-state index in [-0.39, 0.29) is 6.61 Å². The summed E-state index contributed by atoms with van der Waals surface area (Å²) in [5.41, 5.74) is 2.03. The number of piperazine rings is 1. The van der Waals surface area contributed by atoms with Crippen molar-refractivity contribution in [2.45, 2.75) is 6.54 Å². The number of β-amino-alcohol motifs (C(OH)–C–C–N with tert-alkyl or cyclic N) is 1. The van der Waals surface area contributed by atoms with E-state index in [9.17, 15) is 0 Å². The van der Waals surface area contributed by atoms with Crippen molar-refractivity contribution in [3.05, 3.63) is 42.2 Å². The van der Waals surface area contributed by atoms with Gasteiger partial charge in [-0.1, -0.05) is 23.4 Å². The smallest absolute Gasteiger partial charge is 0.0971 e. The maximum Gasteiger partial charge on any atom is 0.0971 e. The zero-order valence-corrected chi connectivity index (χ0v) is 12.1. The van der Waals surface area contributed by atoms with E-state index in [4.69, 9.17) is 5.11 Å². The molecule has 6 heteroatoms. The van der Waals surface area contributed by atoms with Crippen molar-refractivity contribution in [2.75, 3.05) is 39.3 Å². The first kappa shape index (κ1) is 14.2. The Bertz CT molecular complexity index is 548. The molecule has 0 bridgehead atoms. The van der Waals surface area contributed by atoms with E-state index in [1.54, 1.807) is 0 Å². The lowest BCUT2D eigenvalue weighted by Crippen LogP contribution is -2.46. The fourth-order valence-electron chi connectivity index (χ4n) is 2.62. The first-order chi connectivity index (χ1) is 10.3. The Kier molecular flexibility index (Phi) is 4.59. The molecule has 1 aromatic carbocycles. The van der Waals surface area contributed by atoms with Gasteiger partial charge in [-0.15, -0.1) is 5.10 Å². The molecule has 1 fully saturated rings. The van der Waals surface area contributed by atoms with Crippen molar-refractivity contribution >= 4 is 0 Å². The fraction of sp³-hybridized carbons (Fsp3) is 0.467. The summed E-state index contributed by atoms with van der Waals surface area (Å²) in [5.74, 6) is 0. The van der Waals surface area contributed by atoms with Crippen LogP contribution in [0.1, 0.15) is 5.69 Å². The van der Waals surface area contributed by atoms with Gasteiger partial charge in [0.05, 0.1) is 24.2 Å². The predicted molar refractivity (Wildman–Crippen MR) is 80.2 cm³/mol. The Morgan fingerprint density at radius 2 is 1.71 bits per heavy atom. The van der Waals surface area contributed by atoms with Gasteiger partial charge in [0.25, 0.3) is 0 Å². The van der Waals surface area contributed by atoms with Gasteiger partial charge in [-0.05, 0) is 12.1 Å². The van der Waals surface area contributed by atoms with E-state index in [1.165, 1.54) is 0 Å². The number of benzene rings is 1. The van der Waals surface area contributed by atoms with E-state index in [0.29, 0.717) is 0 Å². The van der Waals surface area contributed by atoms with Crippen LogP contribution in [0.5, 0.6) is 0 Å². The molecule has 3 rings (SSSR count). The number of aliphatic hydroxyl groups excluding tert-OH is 1. The van der Waals surface area contributed by atoms with E-state index in [1.807, 2.05) is 41.2 Å². The molecule has 0 amide bonds. The minimum Gasteiger partial charge on any atom is -0.395 e. The molecule has 1 N–H and O–H groups in total. The van der Waals surface area contributed by atoms with Crippen LogP contribution in [0, 0.1) is 0 Å². The maximum atomic E-state index is 8.95. The Morgan fingerprint density at radius 3 is 2.43 bits per heavy atom. The highest BCUT2D eigenvalue weighted by Gasteiger charge is 2.17. The van der Waals surface area contributed by atoms with Crippen molar-refractivity contribution in [2.24, 2.45) is 0 Å². The standard InChI is InChI=1S/C15H21N5O/c21-11-10-18-6-8-19(9-7-18)12-14-13-20(17-16-14)15-4-2-1-3-5-15/h1-5,13,21H,6-12H2. The van der Waals surface area contributed by atoms with Crippen molar-refractivity contribution < 1.29 is 5.11 Å². The average Bonchev–Trinajstić information content (AvgIpc) is 2.99. The third kappa shape index (κ3) is 3.66. The lowest BCUT2D eigenvalue weighted by Gasteiger charge is -2.33.